The van der Waals surface area contributed by atoms with Crippen LogP contribution in [0.2, 0.25) is 0 Å². The van der Waals surface area contributed by atoms with Gasteiger partial charge in [-0.05, 0) is 26.2 Å². The van der Waals surface area contributed by atoms with E-state index in [9.17, 15) is 9.59 Å². The maximum Gasteiger partial charge on any atom is 0.306 e. The first kappa shape index (κ1) is 11.6. The van der Waals surface area contributed by atoms with Gasteiger partial charge in [-0.25, -0.2) is 0 Å². The van der Waals surface area contributed by atoms with Crippen molar-refractivity contribution in [3.63, 3.8) is 0 Å². The fraction of sp³-hybridized carbons (Fsp3) is 0.636. The third kappa shape index (κ3) is 2.98. The summed E-state index contributed by atoms with van der Waals surface area (Å²) < 4.78 is 0. The van der Waals surface area contributed by atoms with Gasteiger partial charge in [0.1, 0.15) is 0 Å². The number of nitrogens with one attached hydrogen (secondary N) is 1. The summed E-state index contributed by atoms with van der Waals surface area (Å²) in [5, 5.41) is 11.4. The second kappa shape index (κ2) is 4.83. The predicted octanol–water partition coefficient (Wildman–Crippen LogP) is 0.625. The lowest BCUT2D eigenvalue weighted by Crippen LogP contribution is -2.35. The minimum absolute atomic E-state index is 0.121. The van der Waals surface area contributed by atoms with Crippen LogP contribution in [0.4, 0.5) is 0 Å². The van der Waals surface area contributed by atoms with Crippen LogP contribution in [0, 0.1) is 24.2 Å². The fourth-order valence-corrected chi connectivity index (χ4v) is 1.82. The SMILES string of the molecule is C#CC(C)NC(=O)[C@@H]1CC[C@H](C(=O)O)C1. The Labute approximate surface area is 89.0 Å². The Kier molecular flexibility index (Phi) is 3.73. The lowest BCUT2D eigenvalue weighted by Gasteiger charge is -2.12. The first-order valence-electron chi connectivity index (χ1n) is 5.04. The average Bonchev–Trinajstić information content (AvgIpc) is 2.66. The van der Waals surface area contributed by atoms with Gasteiger partial charge in [0.15, 0.2) is 0 Å². The van der Waals surface area contributed by atoms with E-state index in [4.69, 9.17) is 11.5 Å². The van der Waals surface area contributed by atoms with E-state index >= 15 is 0 Å². The number of carboxylic acid groups (broad SMARTS) is 1. The third-order valence-corrected chi connectivity index (χ3v) is 2.76. The Bertz CT molecular complexity index is 305. The Morgan fingerprint density at radius 2 is 2.07 bits per heavy atom. The van der Waals surface area contributed by atoms with Crippen LogP contribution < -0.4 is 5.32 Å². The van der Waals surface area contributed by atoms with Crippen molar-refractivity contribution in [2.45, 2.75) is 32.2 Å². The van der Waals surface area contributed by atoms with Crippen LogP contribution >= 0.6 is 0 Å². The normalized spacial score (nSPS) is 26.7. The van der Waals surface area contributed by atoms with Gasteiger partial charge in [-0.15, -0.1) is 6.42 Å². The molecule has 0 heterocycles. The molecule has 2 N–H and O–H groups in total. The summed E-state index contributed by atoms with van der Waals surface area (Å²) in [6.07, 6.45) is 6.78. The molecule has 4 nitrogen and oxygen atoms in total. The molecule has 0 spiro atoms. The number of carbonyl (C=O) groups is 2. The van der Waals surface area contributed by atoms with Crippen LogP contribution in [0.25, 0.3) is 0 Å². The van der Waals surface area contributed by atoms with Gasteiger partial charge in [-0.2, -0.15) is 0 Å². The molecule has 1 aliphatic carbocycles. The van der Waals surface area contributed by atoms with Crippen molar-refractivity contribution in [3.8, 4) is 12.3 Å². The Morgan fingerprint density at radius 1 is 1.47 bits per heavy atom. The van der Waals surface area contributed by atoms with Gasteiger partial charge in [0.05, 0.1) is 12.0 Å². The van der Waals surface area contributed by atoms with E-state index in [1.165, 1.54) is 0 Å². The van der Waals surface area contributed by atoms with Gasteiger partial charge in [-0.3, -0.25) is 9.59 Å². The molecule has 0 aliphatic heterocycles. The molecule has 1 unspecified atom stereocenters. The molecular formula is C11H15NO3. The summed E-state index contributed by atoms with van der Waals surface area (Å²) in [5.41, 5.74) is 0. The van der Waals surface area contributed by atoms with Crippen molar-refractivity contribution in [2.24, 2.45) is 11.8 Å². The largest absolute Gasteiger partial charge is 0.481 e. The van der Waals surface area contributed by atoms with E-state index in [2.05, 4.69) is 11.2 Å². The minimum atomic E-state index is -0.810. The fourth-order valence-electron chi connectivity index (χ4n) is 1.82. The molecule has 1 amide bonds. The number of aliphatic carboxylic acids is 1. The van der Waals surface area contributed by atoms with Crippen LogP contribution in [-0.2, 0) is 9.59 Å². The Hall–Kier alpha value is -1.50. The Morgan fingerprint density at radius 3 is 2.53 bits per heavy atom. The van der Waals surface area contributed by atoms with Crippen LogP contribution in [0.3, 0.4) is 0 Å². The highest BCUT2D eigenvalue weighted by Crippen LogP contribution is 2.31. The van der Waals surface area contributed by atoms with Gasteiger partial charge in [0.25, 0.3) is 0 Å². The molecule has 0 aromatic heterocycles. The van der Waals surface area contributed by atoms with E-state index in [1.807, 2.05) is 0 Å². The van der Waals surface area contributed by atoms with Crippen LogP contribution in [0.5, 0.6) is 0 Å². The monoisotopic (exact) mass is 209 g/mol. The van der Waals surface area contributed by atoms with Crippen molar-refractivity contribution in [3.05, 3.63) is 0 Å². The maximum atomic E-state index is 11.6. The lowest BCUT2D eigenvalue weighted by atomic mass is 10.0. The number of carbonyl (C=O) groups excluding carboxylic acids is 1. The van der Waals surface area contributed by atoms with Crippen molar-refractivity contribution >= 4 is 11.9 Å². The van der Waals surface area contributed by atoms with E-state index in [0.29, 0.717) is 19.3 Å². The molecule has 15 heavy (non-hydrogen) atoms. The molecule has 1 rings (SSSR count). The topological polar surface area (TPSA) is 66.4 Å². The van der Waals surface area contributed by atoms with Gasteiger partial charge in [-0.1, -0.05) is 5.92 Å². The van der Waals surface area contributed by atoms with Gasteiger partial charge >= 0.3 is 5.97 Å². The van der Waals surface area contributed by atoms with Gasteiger partial charge < -0.3 is 10.4 Å². The summed E-state index contributed by atoms with van der Waals surface area (Å²) in [6.45, 7) is 1.72. The molecule has 0 saturated heterocycles. The minimum Gasteiger partial charge on any atom is -0.481 e. The van der Waals surface area contributed by atoms with Crippen molar-refractivity contribution < 1.29 is 14.7 Å². The summed E-state index contributed by atoms with van der Waals surface area (Å²) in [4.78, 5) is 22.3. The first-order chi connectivity index (χ1) is 7.04. The molecule has 0 aromatic rings. The maximum absolute atomic E-state index is 11.6. The molecule has 1 saturated carbocycles. The standard InChI is InChI=1S/C11H15NO3/c1-3-7(2)12-10(13)8-4-5-9(6-8)11(14)15/h1,7-9H,4-6H2,2H3,(H,12,13)(H,14,15)/t7?,8-,9+/m1/s1. The molecule has 1 aliphatic rings. The summed E-state index contributed by atoms with van der Waals surface area (Å²) in [6, 6.07) is -0.290. The predicted molar refractivity (Wildman–Crippen MR) is 54.9 cm³/mol. The quantitative estimate of drug-likeness (QED) is 0.670. The zero-order valence-corrected chi connectivity index (χ0v) is 8.69. The number of rotatable bonds is 3. The van der Waals surface area contributed by atoms with Crippen molar-refractivity contribution in [2.75, 3.05) is 0 Å². The number of carboxylic acids is 1. The summed E-state index contributed by atoms with van der Waals surface area (Å²) >= 11 is 0. The molecule has 0 aromatic carbocycles. The Balaban J connectivity index is 2.44. The van der Waals surface area contributed by atoms with Gasteiger partial charge in [0.2, 0.25) is 5.91 Å². The van der Waals surface area contributed by atoms with E-state index < -0.39 is 5.97 Å². The molecule has 82 valence electrons. The number of hydrogen-bond donors (Lipinski definition) is 2. The molecule has 0 radical (unpaired) electrons. The zero-order valence-electron chi connectivity index (χ0n) is 8.69. The molecule has 1 fully saturated rings. The zero-order chi connectivity index (χ0) is 11.4. The number of terminal acetylenes is 1. The lowest BCUT2D eigenvalue weighted by molar-refractivity contribution is -0.141. The van der Waals surface area contributed by atoms with Crippen molar-refractivity contribution in [1.82, 2.24) is 5.32 Å². The summed E-state index contributed by atoms with van der Waals surface area (Å²) in [7, 11) is 0. The molecule has 3 atom stereocenters. The van der Waals surface area contributed by atoms with Gasteiger partial charge in [0, 0.05) is 5.92 Å². The second-order valence-electron chi connectivity index (χ2n) is 3.94. The molecule has 4 heteroatoms. The highest BCUT2D eigenvalue weighted by atomic mass is 16.4. The van der Waals surface area contributed by atoms with E-state index in [-0.39, 0.29) is 23.8 Å². The van der Waals surface area contributed by atoms with E-state index in [1.54, 1.807) is 6.92 Å². The second-order valence-corrected chi connectivity index (χ2v) is 3.94. The smallest absolute Gasteiger partial charge is 0.306 e. The third-order valence-electron chi connectivity index (χ3n) is 2.76. The highest BCUT2D eigenvalue weighted by Gasteiger charge is 2.33. The van der Waals surface area contributed by atoms with Crippen LogP contribution in [-0.4, -0.2) is 23.0 Å². The average molecular weight is 209 g/mol. The molecular weight excluding hydrogens is 194 g/mol. The van der Waals surface area contributed by atoms with E-state index in [0.717, 1.165) is 0 Å². The first-order valence-corrected chi connectivity index (χ1v) is 5.04. The molecule has 0 bridgehead atoms. The van der Waals surface area contributed by atoms with Crippen LogP contribution in [0.15, 0.2) is 0 Å². The van der Waals surface area contributed by atoms with Crippen LogP contribution in [0.1, 0.15) is 26.2 Å². The highest BCUT2D eigenvalue weighted by molar-refractivity contribution is 5.81. The van der Waals surface area contributed by atoms with Crippen molar-refractivity contribution in [1.29, 1.82) is 0 Å². The number of amides is 1. The number of hydrogen-bond acceptors (Lipinski definition) is 2. The summed E-state index contributed by atoms with van der Waals surface area (Å²) in [5.74, 6) is 0.908.